The summed E-state index contributed by atoms with van der Waals surface area (Å²) < 4.78 is 5.18. The summed E-state index contributed by atoms with van der Waals surface area (Å²) in [6.07, 6.45) is 0. The van der Waals surface area contributed by atoms with E-state index < -0.39 is 0 Å². The largest absolute Gasteiger partial charge is 0.508 e. The Kier molecular flexibility index (Phi) is 6.32. The van der Waals surface area contributed by atoms with Crippen molar-refractivity contribution in [3.8, 4) is 11.5 Å². The number of phenols is 1. The SMILES string of the molecule is CN=C(NCc1cc(OC)ccc1O)NC(C)c1cccc(Cl)c1. The number of aliphatic imine (C=N–C) groups is 1. The number of hydrogen-bond donors (Lipinski definition) is 3. The Labute approximate surface area is 147 Å². The van der Waals surface area contributed by atoms with Crippen LogP contribution in [-0.4, -0.2) is 25.2 Å². The van der Waals surface area contributed by atoms with Crippen LogP contribution in [0.2, 0.25) is 5.02 Å². The molecule has 0 saturated heterocycles. The Morgan fingerprint density at radius 1 is 1.29 bits per heavy atom. The molecule has 1 atom stereocenters. The predicted octanol–water partition coefficient (Wildman–Crippen LogP) is 3.48. The molecule has 2 aromatic carbocycles. The van der Waals surface area contributed by atoms with Gasteiger partial charge in [-0.1, -0.05) is 23.7 Å². The first-order valence-corrected chi connectivity index (χ1v) is 7.99. The van der Waals surface area contributed by atoms with Crippen LogP contribution in [0.1, 0.15) is 24.1 Å². The summed E-state index contributed by atoms with van der Waals surface area (Å²) in [5, 5.41) is 17.1. The summed E-state index contributed by atoms with van der Waals surface area (Å²) in [4.78, 5) is 4.21. The zero-order valence-corrected chi connectivity index (χ0v) is 14.8. The number of guanidine groups is 1. The van der Waals surface area contributed by atoms with Crippen LogP contribution < -0.4 is 15.4 Å². The highest BCUT2D eigenvalue weighted by atomic mass is 35.5. The highest BCUT2D eigenvalue weighted by Crippen LogP contribution is 2.22. The van der Waals surface area contributed by atoms with Gasteiger partial charge in [-0.2, -0.15) is 0 Å². The lowest BCUT2D eigenvalue weighted by molar-refractivity contribution is 0.410. The number of ether oxygens (including phenoxy) is 1. The Morgan fingerprint density at radius 3 is 2.75 bits per heavy atom. The molecule has 0 spiro atoms. The molecular weight excluding hydrogens is 326 g/mol. The van der Waals surface area contributed by atoms with E-state index in [2.05, 4.69) is 15.6 Å². The fourth-order valence-electron chi connectivity index (χ4n) is 2.27. The maximum Gasteiger partial charge on any atom is 0.191 e. The van der Waals surface area contributed by atoms with E-state index in [0.29, 0.717) is 23.3 Å². The molecule has 0 aliphatic rings. The molecule has 0 aliphatic carbocycles. The number of hydrogen-bond acceptors (Lipinski definition) is 3. The second-order valence-corrected chi connectivity index (χ2v) is 5.78. The second-order valence-electron chi connectivity index (χ2n) is 5.34. The van der Waals surface area contributed by atoms with Gasteiger partial charge in [-0.15, -0.1) is 0 Å². The molecule has 24 heavy (non-hydrogen) atoms. The Balaban J connectivity index is 2.00. The van der Waals surface area contributed by atoms with Crippen molar-refractivity contribution in [2.24, 2.45) is 4.99 Å². The van der Waals surface area contributed by atoms with Gasteiger partial charge in [0.05, 0.1) is 13.2 Å². The molecule has 6 heteroatoms. The van der Waals surface area contributed by atoms with E-state index in [1.54, 1.807) is 32.4 Å². The zero-order valence-electron chi connectivity index (χ0n) is 14.0. The number of benzene rings is 2. The first-order valence-electron chi connectivity index (χ1n) is 7.62. The minimum Gasteiger partial charge on any atom is -0.508 e. The van der Waals surface area contributed by atoms with Gasteiger partial charge in [0.25, 0.3) is 0 Å². The highest BCUT2D eigenvalue weighted by molar-refractivity contribution is 6.30. The Morgan fingerprint density at radius 2 is 2.08 bits per heavy atom. The van der Waals surface area contributed by atoms with Crippen LogP contribution in [0.25, 0.3) is 0 Å². The lowest BCUT2D eigenvalue weighted by atomic mass is 10.1. The van der Waals surface area contributed by atoms with Gasteiger partial charge in [-0.05, 0) is 42.8 Å². The topological polar surface area (TPSA) is 65.9 Å². The van der Waals surface area contributed by atoms with Gasteiger partial charge in [-0.3, -0.25) is 4.99 Å². The van der Waals surface area contributed by atoms with Crippen molar-refractivity contribution in [3.63, 3.8) is 0 Å². The molecule has 128 valence electrons. The van der Waals surface area contributed by atoms with Gasteiger partial charge in [0.15, 0.2) is 5.96 Å². The first kappa shape index (κ1) is 17.9. The minimum atomic E-state index is 0.0359. The molecule has 0 amide bonds. The predicted molar refractivity (Wildman–Crippen MR) is 97.9 cm³/mol. The monoisotopic (exact) mass is 347 g/mol. The van der Waals surface area contributed by atoms with Gasteiger partial charge in [0.2, 0.25) is 0 Å². The van der Waals surface area contributed by atoms with Crippen molar-refractivity contribution < 1.29 is 9.84 Å². The number of halogens is 1. The van der Waals surface area contributed by atoms with Gasteiger partial charge >= 0.3 is 0 Å². The zero-order chi connectivity index (χ0) is 17.5. The quantitative estimate of drug-likeness (QED) is 0.572. The molecule has 5 nitrogen and oxygen atoms in total. The normalized spacial score (nSPS) is 12.6. The van der Waals surface area contributed by atoms with Crippen molar-refractivity contribution >= 4 is 17.6 Å². The molecule has 0 heterocycles. The van der Waals surface area contributed by atoms with Crippen LogP contribution in [0, 0.1) is 0 Å². The number of nitrogens with one attached hydrogen (secondary N) is 2. The van der Waals surface area contributed by atoms with Gasteiger partial charge in [0.1, 0.15) is 11.5 Å². The van der Waals surface area contributed by atoms with Crippen molar-refractivity contribution in [1.82, 2.24) is 10.6 Å². The molecule has 1 unspecified atom stereocenters. The fraction of sp³-hybridized carbons (Fsp3) is 0.278. The lowest BCUT2D eigenvalue weighted by Crippen LogP contribution is -2.38. The van der Waals surface area contributed by atoms with Gasteiger partial charge < -0.3 is 20.5 Å². The Bertz CT molecular complexity index is 719. The summed E-state index contributed by atoms with van der Waals surface area (Å²) >= 11 is 6.03. The van der Waals surface area contributed by atoms with E-state index in [1.807, 2.05) is 31.2 Å². The maximum absolute atomic E-state index is 9.94. The summed E-state index contributed by atoms with van der Waals surface area (Å²) in [6, 6.07) is 12.8. The maximum atomic E-state index is 9.94. The number of methoxy groups -OCH3 is 1. The van der Waals surface area contributed by atoms with Crippen LogP contribution >= 0.6 is 11.6 Å². The summed E-state index contributed by atoms with van der Waals surface area (Å²) in [6.45, 7) is 2.45. The number of nitrogens with zero attached hydrogens (tertiary/aromatic N) is 1. The summed E-state index contributed by atoms with van der Waals surface area (Å²) in [7, 11) is 3.29. The van der Waals surface area contributed by atoms with E-state index in [9.17, 15) is 5.11 Å². The molecule has 2 aromatic rings. The average molecular weight is 348 g/mol. The standard InChI is InChI=1S/C18H22ClN3O2/c1-12(13-5-4-6-15(19)9-13)22-18(20-2)21-11-14-10-16(24-3)7-8-17(14)23/h4-10,12,23H,11H2,1-3H3,(H2,20,21,22). The number of phenolic OH excluding ortho intramolecular Hbond substituents is 1. The van der Waals surface area contributed by atoms with Crippen LogP contribution in [0.15, 0.2) is 47.5 Å². The molecule has 0 fully saturated rings. The summed E-state index contributed by atoms with van der Waals surface area (Å²) in [5.74, 6) is 1.53. The first-order chi connectivity index (χ1) is 11.5. The van der Waals surface area contributed by atoms with E-state index in [4.69, 9.17) is 16.3 Å². The molecular formula is C18H22ClN3O2. The van der Waals surface area contributed by atoms with E-state index in [1.165, 1.54) is 0 Å². The minimum absolute atomic E-state index is 0.0359. The second kappa shape index (κ2) is 8.45. The molecule has 2 rings (SSSR count). The van der Waals surface area contributed by atoms with Crippen molar-refractivity contribution in [2.45, 2.75) is 19.5 Å². The third kappa shape index (κ3) is 4.80. The van der Waals surface area contributed by atoms with Crippen LogP contribution in [0.3, 0.4) is 0 Å². The molecule has 0 aliphatic heterocycles. The highest BCUT2D eigenvalue weighted by Gasteiger charge is 2.09. The number of rotatable bonds is 5. The molecule has 3 N–H and O–H groups in total. The van der Waals surface area contributed by atoms with Crippen molar-refractivity contribution in [2.75, 3.05) is 14.2 Å². The average Bonchev–Trinajstić information content (AvgIpc) is 2.59. The third-order valence-corrected chi connectivity index (χ3v) is 3.89. The molecule has 0 radical (unpaired) electrons. The van der Waals surface area contributed by atoms with Crippen LogP contribution in [0.4, 0.5) is 0 Å². The van der Waals surface area contributed by atoms with E-state index >= 15 is 0 Å². The van der Waals surface area contributed by atoms with Crippen LogP contribution in [0.5, 0.6) is 11.5 Å². The van der Waals surface area contributed by atoms with Gasteiger partial charge in [-0.25, -0.2) is 0 Å². The van der Waals surface area contributed by atoms with Gasteiger partial charge in [0, 0.05) is 24.2 Å². The molecule has 0 aromatic heterocycles. The van der Waals surface area contributed by atoms with E-state index in [-0.39, 0.29) is 11.8 Å². The summed E-state index contributed by atoms with van der Waals surface area (Å²) in [5.41, 5.74) is 1.79. The van der Waals surface area contributed by atoms with Crippen molar-refractivity contribution in [3.05, 3.63) is 58.6 Å². The lowest BCUT2D eigenvalue weighted by Gasteiger charge is -2.19. The molecule has 0 bridgehead atoms. The smallest absolute Gasteiger partial charge is 0.191 e. The number of aromatic hydroxyl groups is 1. The Hall–Kier alpha value is -2.40. The van der Waals surface area contributed by atoms with Crippen molar-refractivity contribution in [1.29, 1.82) is 0 Å². The van der Waals surface area contributed by atoms with Crippen LogP contribution in [-0.2, 0) is 6.54 Å². The fourth-order valence-corrected chi connectivity index (χ4v) is 2.47. The molecule has 0 saturated carbocycles. The van der Waals surface area contributed by atoms with E-state index in [0.717, 1.165) is 11.1 Å². The third-order valence-electron chi connectivity index (χ3n) is 3.66.